The maximum absolute atomic E-state index is 10.7. The van der Waals surface area contributed by atoms with E-state index in [9.17, 15) is 14.7 Å². The van der Waals surface area contributed by atoms with Crippen LogP contribution in [0, 0.1) is 11.8 Å². The molecule has 0 saturated heterocycles. The van der Waals surface area contributed by atoms with Crippen molar-refractivity contribution in [3.8, 4) is 17.6 Å². The van der Waals surface area contributed by atoms with Gasteiger partial charge in [0.25, 0.3) is 0 Å². The van der Waals surface area contributed by atoms with E-state index < -0.39 is 11.9 Å². The van der Waals surface area contributed by atoms with Gasteiger partial charge in [-0.15, -0.1) is 0 Å². The second-order valence-electron chi connectivity index (χ2n) is 2.78. The molecule has 0 bridgehead atoms. The molecule has 0 heterocycles. The van der Waals surface area contributed by atoms with Gasteiger partial charge in [0, 0.05) is 5.92 Å². The molecule has 1 aromatic carbocycles. The molecule has 0 aliphatic rings. The van der Waals surface area contributed by atoms with Crippen molar-refractivity contribution in [2.75, 3.05) is 7.11 Å². The van der Waals surface area contributed by atoms with E-state index in [1.165, 1.54) is 25.3 Å². The first kappa shape index (κ1) is 11.6. The lowest BCUT2D eigenvalue weighted by molar-refractivity contribution is -0.133. The Morgan fingerprint density at radius 2 is 2.06 bits per heavy atom. The number of carbonyl (C=O) groups excluding carboxylic acids is 1. The maximum Gasteiger partial charge on any atom is 0.384 e. The van der Waals surface area contributed by atoms with Crippen LogP contribution < -0.4 is 0 Å². The van der Waals surface area contributed by atoms with Crippen molar-refractivity contribution in [1.29, 1.82) is 0 Å². The van der Waals surface area contributed by atoms with Crippen LogP contribution in [0.1, 0.15) is 15.9 Å². The first-order chi connectivity index (χ1) is 7.54. The van der Waals surface area contributed by atoms with Crippen LogP contribution in [0.4, 0.5) is 0 Å². The molecule has 1 rings (SSSR count). The molecule has 1 aromatic rings. The Morgan fingerprint density at radius 3 is 2.62 bits per heavy atom. The van der Waals surface area contributed by atoms with Gasteiger partial charge in [0.15, 0.2) is 0 Å². The quantitative estimate of drug-likeness (QED) is 0.535. The van der Waals surface area contributed by atoms with Crippen LogP contribution in [0.25, 0.3) is 0 Å². The number of hydrogen-bond donors (Lipinski definition) is 2. The molecule has 0 radical (unpaired) electrons. The van der Waals surface area contributed by atoms with Crippen LogP contribution in [0.15, 0.2) is 18.2 Å². The zero-order valence-electron chi connectivity index (χ0n) is 8.35. The van der Waals surface area contributed by atoms with E-state index in [4.69, 9.17) is 5.11 Å². The summed E-state index contributed by atoms with van der Waals surface area (Å²) in [6, 6.07) is 3.61. The molecule has 0 aliphatic carbocycles. The van der Waals surface area contributed by atoms with Gasteiger partial charge in [-0.2, -0.15) is 0 Å². The Kier molecular flexibility index (Phi) is 3.51. The average Bonchev–Trinajstić information content (AvgIpc) is 2.27. The van der Waals surface area contributed by atoms with E-state index >= 15 is 0 Å². The minimum absolute atomic E-state index is 0.0213. The Balaban J connectivity index is 3.11. The number of carboxylic acid groups (broad SMARTS) is 1. The molecule has 0 saturated carbocycles. The van der Waals surface area contributed by atoms with Gasteiger partial charge in [0.05, 0.1) is 18.2 Å². The third-order valence-corrected chi connectivity index (χ3v) is 1.73. The number of aromatic hydroxyl groups is 1. The lowest BCUT2D eigenvalue weighted by Gasteiger charge is -1.98. The number of ether oxygens (including phenoxy) is 1. The van der Waals surface area contributed by atoms with Crippen molar-refractivity contribution in [1.82, 2.24) is 0 Å². The van der Waals surface area contributed by atoms with E-state index in [1.807, 2.05) is 0 Å². The number of rotatable bonds is 1. The Labute approximate surface area is 91.3 Å². The minimum atomic E-state index is -1.14. The van der Waals surface area contributed by atoms with Crippen LogP contribution in [0.3, 0.4) is 0 Å². The van der Waals surface area contributed by atoms with Gasteiger partial charge in [-0.3, -0.25) is 0 Å². The van der Waals surface area contributed by atoms with Gasteiger partial charge >= 0.3 is 11.9 Å². The molecule has 0 aromatic heterocycles. The van der Waals surface area contributed by atoms with E-state index in [1.54, 1.807) is 0 Å². The van der Waals surface area contributed by atoms with Crippen LogP contribution in [-0.2, 0) is 9.53 Å². The molecule has 16 heavy (non-hydrogen) atoms. The summed E-state index contributed by atoms with van der Waals surface area (Å²) in [5, 5.41) is 18.1. The predicted octanol–water partition coefficient (Wildman–Crippen LogP) is 0.615. The van der Waals surface area contributed by atoms with Crippen molar-refractivity contribution in [2.24, 2.45) is 0 Å². The normalized spacial score (nSPS) is 8.81. The zero-order valence-corrected chi connectivity index (χ0v) is 8.35. The van der Waals surface area contributed by atoms with E-state index in [-0.39, 0.29) is 16.9 Å². The Hall–Kier alpha value is -2.48. The molecular formula is C11H8O5. The van der Waals surface area contributed by atoms with Gasteiger partial charge < -0.3 is 14.9 Å². The summed E-state index contributed by atoms with van der Waals surface area (Å²) in [5.74, 6) is 2.32. The molecule has 0 atom stereocenters. The second kappa shape index (κ2) is 4.84. The van der Waals surface area contributed by atoms with E-state index in [0.29, 0.717) is 0 Å². The lowest BCUT2D eigenvalue weighted by Crippen LogP contribution is -1.97. The first-order valence-electron chi connectivity index (χ1n) is 4.21. The van der Waals surface area contributed by atoms with Crippen LogP contribution in [-0.4, -0.2) is 29.3 Å². The van der Waals surface area contributed by atoms with Gasteiger partial charge in [0.1, 0.15) is 5.75 Å². The highest BCUT2D eigenvalue weighted by atomic mass is 16.5. The highest BCUT2D eigenvalue weighted by Crippen LogP contribution is 2.17. The summed E-state index contributed by atoms with van der Waals surface area (Å²) in [7, 11) is 1.17. The topological polar surface area (TPSA) is 83.8 Å². The second-order valence-corrected chi connectivity index (χ2v) is 2.78. The monoisotopic (exact) mass is 220 g/mol. The van der Waals surface area contributed by atoms with Gasteiger partial charge in [0.2, 0.25) is 0 Å². The molecule has 5 heteroatoms. The van der Waals surface area contributed by atoms with Crippen molar-refractivity contribution < 1.29 is 24.5 Å². The lowest BCUT2D eigenvalue weighted by atomic mass is 10.1. The Morgan fingerprint density at radius 1 is 1.38 bits per heavy atom. The third kappa shape index (κ3) is 2.75. The number of methoxy groups -OCH3 is 1. The summed E-state index contributed by atoms with van der Waals surface area (Å²) in [6.45, 7) is 0. The molecule has 2 N–H and O–H groups in total. The van der Waals surface area contributed by atoms with Gasteiger partial charge in [-0.25, -0.2) is 9.59 Å². The molecule has 0 aliphatic heterocycles. The fourth-order valence-electron chi connectivity index (χ4n) is 0.939. The van der Waals surface area contributed by atoms with E-state index in [0.717, 1.165) is 0 Å². The number of carbonyl (C=O) groups is 2. The maximum atomic E-state index is 10.7. The van der Waals surface area contributed by atoms with Crippen molar-refractivity contribution in [3.05, 3.63) is 29.3 Å². The summed E-state index contributed by atoms with van der Waals surface area (Å²) < 4.78 is 4.28. The standard InChI is InChI=1S/C11H8O5/c1-16-10(13)5-3-7-6-8(11(14)15)2-4-9(7)12/h2,4,6,12H,1H3,(H,14,15). The van der Waals surface area contributed by atoms with Crippen LogP contribution in [0.2, 0.25) is 0 Å². The average molecular weight is 220 g/mol. The molecule has 0 fully saturated rings. The van der Waals surface area contributed by atoms with E-state index in [2.05, 4.69) is 16.6 Å². The predicted molar refractivity (Wildman–Crippen MR) is 54.0 cm³/mol. The Bertz CT molecular complexity index is 493. The number of aromatic carboxylic acids is 1. The number of phenolic OH excluding ortho intramolecular Hbond substituents is 1. The summed E-state index contributed by atoms with van der Waals surface area (Å²) in [5.41, 5.74) is 0.0391. The van der Waals surface area contributed by atoms with Gasteiger partial charge in [-0.05, 0) is 18.2 Å². The number of esters is 1. The third-order valence-electron chi connectivity index (χ3n) is 1.73. The zero-order chi connectivity index (χ0) is 12.1. The fraction of sp³-hybridized carbons (Fsp3) is 0.0909. The van der Waals surface area contributed by atoms with Crippen LogP contribution in [0.5, 0.6) is 5.75 Å². The SMILES string of the molecule is COC(=O)C#Cc1cc(C(=O)O)ccc1O. The summed E-state index contributed by atoms with van der Waals surface area (Å²) >= 11 is 0. The smallest absolute Gasteiger partial charge is 0.384 e. The van der Waals surface area contributed by atoms with Crippen LogP contribution >= 0.6 is 0 Å². The minimum Gasteiger partial charge on any atom is -0.507 e. The van der Waals surface area contributed by atoms with Gasteiger partial charge in [-0.1, -0.05) is 5.92 Å². The molecule has 5 nitrogen and oxygen atoms in total. The van der Waals surface area contributed by atoms with Crippen molar-refractivity contribution >= 4 is 11.9 Å². The van der Waals surface area contributed by atoms with Crippen molar-refractivity contribution in [3.63, 3.8) is 0 Å². The molecule has 82 valence electrons. The number of phenols is 1. The fourth-order valence-corrected chi connectivity index (χ4v) is 0.939. The summed E-state index contributed by atoms with van der Waals surface area (Å²) in [4.78, 5) is 21.4. The molecule has 0 unspecified atom stereocenters. The molecule has 0 amide bonds. The molecule has 0 spiro atoms. The first-order valence-corrected chi connectivity index (χ1v) is 4.21. The molecular weight excluding hydrogens is 212 g/mol. The number of hydrogen-bond acceptors (Lipinski definition) is 4. The summed E-state index contributed by atoms with van der Waals surface area (Å²) in [6.07, 6.45) is 0. The van der Waals surface area contributed by atoms with Crippen molar-refractivity contribution in [2.45, 2.75) is 0 Å². The largest absolute Gasteiger partial charge is 0.507 e. The number of benzene rings is 1. The highest BCUT2D eigenvalue weighted by molar-refractivity contribution is 5.90. The number of carboxylic acids is 1. The highest BCUT2D eigenvalue weighted by Gasteiger charge is 2.06.